The van der Waals surface area contributed by atoms with E-state index in [1.807, 2.05) is 0 Å². The maximum Gasteiger partial charge on any atom is 0.220 e. The molecule has 0 aliphatic heterocycles. The van der Waals surface area contributed by atoms with Gasteiger partial charge < -0.3 is 11.1 Å². The van der Waals surface area contributed by atoms with Crippen LogP contribution in [0.3, 0.4) is 0 Å². The summed E-state index contributed by atoms with van der Waals surface area (Å²) in [4.78, 5) is 12.1. The molecule has 0 radical (unpaired) electrons. The van der Waals surface area contributed by atoms with Crippen molar-refractivity contribution in [3.05, 3.63) is 0 Å². The van der Waals surface area contributed by atoms with E-state index in [0.29, 0.717) is 23.9 Å². The highest BCUT2D eigenvalue weighted by atomic mass is 16.1. The Morgan fingerprint density at radius 3 is 2.44 bits per heavy atom. The van der Waals surface area contributed by atoms with Gasteiger partial charge in [0, 0.05) is 18.5 Å². The normalized spacial score (nSPS) is 43.1. The zero-order valence-corrected chi connectivity index (χ0v) is 11.2. The van der Waals surface area contributed by atoms with Crippen LogP contribution >= 0.6 is 0 Å². The third kappa shape index (κ3) is 2.71. The molecule has 3 saturated carbocycles. The first kappa shape index (κ1) is 12.5. The quantitative estimate of drug-likeness (QED) is 0.807. The van der Waals surface area contributed by atoms with Gasteiger partial charge in [-0.05, 0) is 62.7 Å². The van der Waals surface area contributed by atoms with E-state index in [9.17, 15) is 4.79 Å². The van der Waals surface area contributed by atoms with Crippen LogP contribution in [0, 0.1) is 17.8 Å². The first-order valence-electron chi connectivity index (χ1n) is 7.75. The molecule has 1 amide bonds. The van der Waals surface area contributed by atoms with Gasteiger partial charge in [0.05, 0.1) is 0 Å². The number of nitrogens with one attached hydrogen (secondary N) is 1. The van der Waals surface area contributed by atoms with Gasteiger partial charge in [-0.2, -0.15) is 0 Å². The fourth-order valence-corrected chi connectivity index (χ4v) is 4.34. The molecular formula is C15H26N2O. The van der Waals surface area contributed by atoms with E-state index in [1.54, 1.807) is 0 Å². The lowest BCUT2D eigenvalue weighted by atomic mass is 9.84. The summed E-state index contributed by atoms with van der Waals surface area (Å²) < 4.78 is 0. The molecular weight excluding hydrogens is 224 g/mol. The lowest BCUT2D eigenvalue weighted by Gasteiger charge is -2.27. The van der Waals surface area contributed by atoms with Crippen LogP contribution in [-0.2, 0) is 4.79 Å². The molecule has 0 aromatic carbocycles. The third-order valence-electron chi connectivity index (χ3n) is 5.45. The smallest absolute Gasteiger partial charge is 0.220 e. The maximum atomic E-state index is 12.1. The number of carbonyl (C=O) groups is 1. The first-order chi connectivity index (χ1) is 8.70. The maximum absolute atomic E-state index is 12.1. The summed E-state index contributed by atoms with van der Waals surface area (Å²) in [5.41, 5.74) is 5.90. The standard InChI is InChI=1S/C15H26N2O/c16-13-5-2-10(3-6-13)9-15(18)17-14-8-11-1-4-12(14)7-11/h10-14H,1-9,16H2,(H,17,18). The van der Waals surface area contributed by atoms with Crippen LogP contribution in [0.2, 0.25) is 0 Å². The van der Waals surface area contributed by atoms with Crippen molar-refractivity contribution in [2.24, 2.45) is 23.5 Å². The zero-order chi connectivity index (χ0) is 12.5. The van der Waals surface area contributed by atoms with Gasteiger partial charge in [0.1, 0.15) is 0 Å². The Kier molecular flexibility index (Phi) is 3.60. The van der Waals surface area contributed by atoms with Crippen LogP contribution in [0.1, 0.15) is 57.8 Å². The van der Waals surface area contributed by atoms with Crippen molar-refractivity contribution >= 4 is 5.91 Å². The molecule has 0 spiro atoms. The Labute approximate surface area is 110 Å². The molecule has 3 atom stereocenters. The number of nitrogens with two attached hydrogens (primary N) is 1. The Hall–Kier alpha value is -0.570. The highest BCUT2D eigenvalue weighted by Gasteiger charge is 2.40. The molecule has 3 rings (SSSR count). The van der Waals surface area contributed by atoms with Crippen molar-refractivity contribution in [3.63, 3.8) is 0 Å². The molecule has 3 nitrogen and oxygen atoms in total. The van der Waals surface area contributed by atoms with Gasteiger partial charge in [-0.3, -0.25) is 4.79 Å². The Morgan fingerprint density at radius 2 is 1.83 bits per heavy atom. The number of amides is 1. The largest absolute Gasteiger partial charge is 0.353 e. The van der Waals surface area contributed by atoms with E-state index >= 15 is 0 Å². The SMILES string of the molecule is NC1CCC(CC(=O)NC2CC3CCC2C3)CC1. The molecule has 18 heavy (non-hydrogen) atoms. The van der Waals surface area contributed by atoms with Crippen LogP contribution in [0.4, 0.5) is 0 Å². The predicted octanol–water partition coefficient (Wildman–Crippen LogP) is 2.20. The van der Waals surface area contributed by atoms with Gasteiger partial charge in [-0.15, -0.1) is 0 Å². The highest BCUT2D eigenvalue weighted by Crippen LogP contribution is 2.44. The Morgan fingerprint density at radius 1 is 1.06 bits per heavy atom. The monoisotopic (exact) mass is 250 g/mol. The van der Waals surface area contributed by atoms with E-state index in [4.69, 9.17) is 5.73 Å². The Bertz CT molecular complexity index is 310. The van der Waals surface area contributed by atoms with Gasteiger partial charge in [0.15, 0.2) is 0 Å². The van der Waals surface area contributed by atoms with E-state index in [2.05, 4.69) is 5.32 Å². The molecule has 0 heterocycles. The number of carbonyl (C=O) groups excluding carboxylic acids is 1. The van der Waals surface area contributed by atoms with Crippen LogP contribution in [-0.4, -0.2) is 18.0 Å². The number of rotatable bonds is 3. The summed E-state index contributed by atoms with van der Waals surface area (Å²) in [6, 6.07) is 0.886. The summed E-state index contributed by atoms with van der Waals surface area (Å²) in [5.74, 6) is 2.59. The minimum atomic E-state index is 0.299. The van der Waals surface area contributed by atoms with Gasteiger partial charge in [-0.1, -0.05) is 6.42 Å². The average molecular weight is 250 g/mol. The zero-order valence-electron chi connectivity index (χ0n) is 11.2. The second kappa shape index (κ2) is 5.20. The molecule has 102 valence electrons. The number of hydrogen-bond donors (Lipinski definition) is 2. The summed E-state index contributed by atoms with van der Waals surface area (Å²) in [7, 11) is 0. The molecule has 2 bridgehead atoms. The number of fused-ring (bicyclic) bond motifs is 2. The molecule has 3 heteroatoms. The van der Waals surface area contributed by atoms with Crippen molar-refractivity contribution in [3.8, 4) is 0 Å². The van der Waals surface area contributed by atoms with Crippen molar-refractivity contribution in [1.82, 2.24) is 5.32 Å². The Balaban J connectivity index is 1.42. The highest BCUT2D eigenvalue weighted by molar-refractivity contribution is 5.76. The lowest BCUT2D eigenvalue weighted by molar-refractivity contribution is -0.123. The minimum Gasteiger partial charge on any atom is -0.353 e. The molecule has 0 aromatic rings. The third-order valence-corrected chi connectivity index (χ3v) is 5.45. The van der Waals surface area contributed by atoms with Crippen molar-refractivity contribution in [2.45, 2.75) is 69.9 Å². The van der Waals surface area contributed by atoms with Gasteiger partial charge in [0.2, 0.25) is 5.91 Å². The van der Waals surface area contributed by atoms with Crippen LogP contribution in [0.5, 0.6) is 0 Å². The molecule has 3 aliphatic carbocycles. The van der Waals surface area contributed by atoms with Crippen molar-refractivity contribution in [1.29, 1.82) is 0 Å². The van der Waals surface area contributed by atoms with E-state index in [-0.39, 0.29) is 0 Å². The van der Waals surface area contributed by atoms with E-state index in [0.717, 1.165) is 43.9 Å². The van der Waals surface area contributed by atoms with E-state index in [1.165, 1.54) is 25.7 Å². The first-order valence-corrected chi connectivity index (χ1v) is 7.75. The van der Waals surface area contributed by atoms with Gasteiger partial charge in [-0.25, -0.2) is 0 Å². The molecule has 3 fully saturated rings. The average Bonchev–Trinajstić information content (AvgIpc) is 2.94. The van der Waals surface area contributed by atoms with Crippen LogP contribution < -0.4 is 11.1 Å². The second-order valence-electron chi connectivity index (χ2n) is 6.83. The second-order valence-corrected chi connectivity index (χ2v) is 6.83. The van der Waals surface area contributed by atoms with Crippen molar-refractivity contribution < 1.29 is 4.79 Å². The molecule has 0 aromatic heterocycles. The summed E-state index contributed by atoms with van der Waals surface area (Å²) in [5, 5.41) is 3.30. The summed E-state index contributed by atoms with van der Waals surface area (Å²) in [6.45, 7) is 0. The number of hydrogen-bond acceptors (Lipinski definition) is 2. The minimum absolute atomic E-state index is 0.299. The van der Waals surface area contributed by atoms with E-state index < -0.39 is 0 Å². The van der Waals surface area contributed by atoms with Gasteiger partial charge in [0.25, 0.3) is 0 Å². The predicted molar refractivity (Wildman–Crippen MR) is 71.9 cm³/mol. The fraction of sp³-hybridized carbons (Fsp3) is 0.933. The van der Waals surface area contributed by atoms with Crippen LogP contribution in [0.25, 0.3) is 0 Å². The molecule has 0 saturated heterocycles. The summed E-state index contributed by atoms with van der Waals surface area (Å²) in [6.07, 6.45) is 10.6. The molecule has 3 aliphatic rings. The lowest BCUT2D eigenvalue weighted by Crippen LogP contribution is -2.39. The fourth-order valence-electron chi connectivity index (χ4n) is 4.34. The van der Waals surface area contributed by atoms with Gasteiger partial charge >= 0.3 is 0 Å². The molecule has 3 N–H and O–H groups in total. The topological polar surface area (TPSA) is 55.1 Å². The van der Waals surface area contributed by atoms with Crippen molar-refractivity contribution in [2.75, 3.05) is 0 Å². The molecule has 3 unspecified atom stereocenters. The summed E-state index contributed by atoms with van der Waals surface area (Å²) >= 11 is 0. The van der Waals surface area contributed by atoms with Crippen LogP contribution in [0.15, 0.2) is 0 Å².